The lowest BCUT2D eigenvalue weighted by Gasteiger charge is -2.26. The Bertz CT molecular complexity index is 981. The van der Waals surface area contributed by atoms with Gasteiger partial charge in [-0.2, -0.15) is 5.10 Å². The molecular weight excluding hydrogens is 394 g/mol. The molecule has 3 aromatic rings. The number of unbranched alkanes of at least 4 members (excludes halogenated alkanes) is 5. The van der Waals surface area contributed by atoms with Gasteiger partial charge in [-0.15, -0.1) is 0 Å². The molecule has 1 amide bonds. The van der Waals surface area contributed by atoms with Crippen LogP contribution < -0.4 is 0 Å². The molecule has 1 atom stereocenters. The van der Waals surface area contributed by atoms with Crippen LogP contribution >= 0.6 is 11.6 Å². The summed E-state index contributed by atoms with van der Waals surface area (Å²) in [7, 11) is 0. The van der Waals surface area contributed by atoms with Gasteiger partial charge in [0.05, 0.1) is 11.7 Å². The molecule has 0 saturated carbocycles. The maximum atomic E-state index is 13.3. The van der Waals surface area contributed by atoms with Gasteiger partial charge < -0.3 is 4.90 Å². The Morgan fingerprint density at radius 2 is 1.67 bits per heavy atom. The molecule has 2 aromatic carbocycles. The topological polar surface area (TPSA) is 49.0 Å². The molecule has 0 aliphatic carbocycles. The van der Waals surface area contributed by atoms with E-state index in [1.807, 2.05) is 47.4 Å². The van der Waals surface area contributed by atoms with Crippen molar-refractivity contribution < 1.29 is 4.79 Å². The number of benzene rings is 2. The maximum Gasteiger partial charge on any atom is 0.273 e. The number of halogens is 1. The average Bonchev–Trinajstić information content (AvgIpc) is 3.31. The van der Waals surface area contributed by atoms with Crippen molar-refractivity contribution in [1.29, 1.82) is 0 Å². The quantitative estimate of drug-likeness (QED) is 0.394. The van der Waals surface area contributed by atoms with E-state index in [4.69, 9.17) is 11.6 Å². The molecule has 1 N–H and O–H groups in total. The second kappa shape index (κ2) is 9.48. The summed E-state index contributed by atoms with van der Waals surface area (Å²) in [6.45, 7) is 2.99. The first kappa shape index (κ1) is 20.7. The molecule has 5 heteroatoms. The van der Waals surface area contributed by atoms with E-state index in [1.54, 1.807) is 0 Å². The molecule has 0 fully saturated rings. The molecule has 156 valence electrons. The Labute approximate surface area is 183 Å². The SMILES string of the molecule is CCCCCCCCN1C(=O)c2[nH]nc(-c3ccc(Cl)cc3)c2C1c1ccccc1. The number of aromatic nitrogens is 2. The van der Waals surface area contributed by atoms with E-state index in [2.05, 4.69) is 29.3 Å². The largest absolute Gasteiger partial charge is 0.326 e. The van der Waals surface area contributed by atoms with Crippen molar-refractivity contribution in [1.82, 2.24) is 15.1 Å². The summed E-state index contributed by atoms with van der Waals surface area (Å²) in [5, 5.41) is 8.22. The van der Waals surface area contributed by atoms with E-state index in [0.717, 1.165) is 41.8 Å². The van der Waals surface area contributed by atoms with Crippen molar-refractivity contribution in [3.63, 3.8) is 0 Å². The fourth-order valence-electron chi connectivity index (χ4n) is 4.30. The molecule has 1 aliphatic heterocycles. The van der Waals surface area contributed by atoms with Crippen LogP contribution in [0.1, 0.15) is 73.1 Å². The minimum absolute atomic E-state index is 0.0418. The van der Waals surface area contributed by atoms with E-state index in [0.29, 0.717) is 10.7 Å². The van der Waals surface area contributed by atoms with Crippen molar-refractivity contribution in [3.05, 3.63) is 76.4 Å². The van der Waals surface area contributed by atoms with Gasteiger partial charge in [-0.3, -0.25) is 9.89 Å². The van der Waals surface area contributed by atoms with Crippen LogP contribution in [-0.2, 0) is 0 Å². The highest BCUT2D eigenvalue weighted by molar-refractivity contribution is 6.30. The van der Waals surface area contributed by atoms with Gasteiger partial charge >= 0.3 is 0 Å². The fraction of sp³-hybridized carbons (Fsp3) is 0.360. The minimum atomic E-state index is -0.117. The van der Waals surface area contributed by atoms with Crippen LogP contribution in [0.15, 0.2) is 54.6 Å². The highest BCUT2D eigenvalue weighted by atomic mass is 35.5. The predicted octanol–water partition coefficient (Wildman–Crippen LogP) is 6.64. The summed E-state index contributed by atoms with van der Waals surface area (Å²) in [5.74, 6) is 0.0418. The van der Waals surface area contributed by atoms with E-state index < -0.39 is 0 Å². The van der Waals surface area contributed by atoms with E-state index >= 15 is 0 Å². The Morgan fingerprint density at radius 1 is 0.967 bits per heavy atom. The van der Waals surface area contributed by atoms with Crippen LogP contribution in [0.3, 0.4) is 0 Å². The van der Waals surface area contributed by atoms with E-state index in [1.165, 1.54) is 25.7 Å². The number of nitrogens with one attached hydrogen (secondary N) is 1. The zero-order valence-electron chi connectivity index (χ0n) is 17.4. The molecule has 1 unspecified atom stereocenters. The fourth-order valence-corrected chi connectivity index (χ4v) is 4.43. The maximum absolute atomic E-state index is 13.3. The number of aromatic amines is 1. The Balaban J connectivity index is 1.63. The minimum Gasteiger partial charge on any atom is -0.326 e. The summed E-state index contributed by atoms with van der Waals surface area (Å²) in [6, 6.07) is 17.8. The Morgan fingerprint density at radius 3 is 2.40 bits per heavy atom. The molecule has 1 aliphatic rings. The number of fused-ring (bicyclic) bond motifs is 1. The Hall–Kier alpha value is -2.59. The summed E-state index contributed by atoms with van der Waals surface area (Å²) in [6.07, 6.45) is 7.21. The average molecular weight is 422 g/mol. The van der Waals surface area contributed by atoms with Gasteiger partial charge in [0.2, 0.25) is 0 Å². The van der Waals surface area contributed by atoms with Gasteiger partial charge in [-0.25, -0.2) is 0 Å². The van der Waals surface area contributed by atoms with Gasteiger partial charge in [-0.1, -0.05) is 93.1 Å². The number of H-pyrrole nitrogens is 1. The first-order valence-electron chi connectivity index (χ1n) is 10.9. The van der Waals surface area contributed by atoms with Crippen LogP contribution in [0, 0.1) is 0 Å². The summed E-state index contributed by atoms with van der Waals surface area (Å²) < 4.78 is 0. The molecule has 0 radical (unpaired) electrons. The lowest BCUT2D eigenvalue weighted by Crippen LogP contribution is -2.30. The lowest BCUT2D eigenvalue weighted by molar-refractivity contribution is 0.0740. The first-order valence-corrected chi connectivity index (χ1v) is 11.3. The Kier molecular flexibility index (Phi) is 6.53. The van der Waals surface area contributed by atoms with Crippen LogP contribution in [0.25, 0.3) is 11.3 Å². The van der Waals surface area contributed by atoms with Gasteiger partial charge in [0.15, 0.2) is 0 Å². The molecule has 0 bridgehead atoms. The smallest absolute Gasteiger partial charge is 0.273 e. The molecule has 0 spiro atoms. The van der Waals surface area contributed by atoms with Crippen molar-refractivity contribution in [2.24, 2.45) is 0 Å². The van der Waals surface area contributed by atoms with Gasteiger partial charge in [0.1, 0.15) is 5.69 Å². The first-order chi connectivity index (χ1) is 14.7. The number of hydrogen-bond acceptors (Lipinski definition) is 2. The zero-order valence-corrected chi connectivity index (χ0v) is 18.2. The highest BCUT2D eigenvalue weighted by Crippen LogP contribution is 2.42. The van der Waals surface area contributed by atoms with Crippen molar-refractivity contribution >= 4 is 17.5 Å². The van der Waals surface area contributed by atoms with Crippen molar-refractivity contribution in [2.45, 2.75) is 51.5 Å². The number of hydrogen-bond donors (Lipinski definition) is 1. The number of rotatable bonds is 9. The number of carbonyl (C=O) groups excluding carboxylic acids is 1. The normalized spacial score (nSPS) is 15.6. The summed E-state index contributed by atoms with van der Waals surface area (Å²) in [5.41, 5.74) is 4.49. The van der Waals surface area contributed by atoms with Gasteiger partial charge in [0.25, 0.3) is 5.91 Å². The molecule has 4 rings (SSSR count). The van der Waals surface area contributed by atoms with Crippen LogP contribution in [0.4, 0.5) is 0 Å². The molecule has 0 saturated heterocycles. The van der Waals surface area contributed by atoms with Gasteiger partial charge in [0, 0.05) is 22.7 Å². The highest BCUT2D eigenvalue weighted by Gasteiger charge is 2.41. The molecular formula is C25H28ClN3O. The predicted molar refractivity (Wildman–Crippen MR) is 122 cm³/mol. The molecule has 4 nitrogen and oxygen atoms in total. The molecule has 2 heterocycles. The lowest BCUT2D eigenvalue weighted by atomic mass is 9.96. The summed E-state index contributed by atoms with van der Waals surface area (Å²) in [4.78, 5) is 15.3. The number of nitrogens with zero attached hydrogens (tertiary/aromatic N) is 2. The van der Waals surface area contributed by atoms with Gasteiger partial charge in [-0.05, 0) is 24.1 Å². The zero-order chi connectivity index (χ0) is 20.9. The van der Waals surface area contributed by atoms with Crippen LogP contribution in [0.2, 0.25) is 5.02 Å². The van der Waals surface area contributed by atoms with Crippen LogP contribution in [-0.4, -0.2) is 27.5 Å². The second-order valence-electron chi connectivity index (χ2n) is 7.95. The van der Waals surface area contributed by atoms with Crippen LogP contribution in [0.5, 0.6) is 0 Å². The third-order valence-electron chi connectivity index (χ3n) is 5.85. The number of carbonyl (C=O) groups is 1. The standard InChI is InChI=1S/C25H28ClN3O/c1-2-3-4-5-6-10-17-29-24(19-11-8-7-9-12-19)21-22(27-28-23(21)25(29)30)18-13-15-20(26)16-14-18/h7-9,11-16,24H,2-6,10,17H2,1H3,(H,27,28). The number of amides is 1. The molecule has 1 aromatic heterocycles. The monoisotopic (exact) mass is 421 g/mol. The third kappa shape index (κ3) is 4.15. The van der Waals surface area contributed by atoms with E-state index in [9.17, 15) is 4.79 Å². The van der Waals surface area contributed by atoms with Crippen molar-refractivity contribution in [3.8, 4) is 11.3 Å². The van der Waals surface area contributed by atoms with Crippen molar-refractivity contribution in [2.75, 3.05) is 6.54 Å². The van der Waals surface area contributed by atoms with E-state index in [-0.39, 0.29) is 11.9 Å². The second-order valence-corrected chi connectivity index (χ2v) is 8.38. The summed E-state index contributed by atoms with van der Waals surface area (Å²) >= 11 is 6.07. The molecule has 30 heavy (non-hydrogen) atoms. The third-order valence-corrected chi connectivity index (χ3v) is 6.10.